The van der Waals surface area contributed by atoms with Crippen LogP contribution in [-0.2, 0) is 9.59 Å². The molecule has 1 heterocycles. The Balaban J connectivity index is 1.44. The summed E-state index contributed by atoms with van der Waals surface area (Å²) < 4.78 is 26.1. The van der Waals surface area contributed by atoms with Gasteiger partial charge in [-0.1, -0.05) is 12.8 Å². The van der Waals surface area contributed by atoms with E-state index in [0.717, 1.165) is 37.8 Å². The van der Waals surface area contributed by atoms with E-state index in [4.69, 9.17) is 0 Å². The molecule has 4 nitrogen and oxygen atoms in total. The molecule has 0 atom stereocenters. The topological polar surface area (TPSA) is 40.6 Å². The molecule has 0 spiro atoms. The summed E-state index contributed by atoms with van der Waals surface area (Å²) in [5, 5.41) is 0. The van der Waals surface area contributed by atoms with Gasteiger partial charge >= 0.3 is 0 Å². The zero-order valence-corrected chi connectivity index (χ0v) is 14.9. The van der Waals surface area contributed by atoms with Gasteiger partial charge in [-0.3, -0.25) is 9.59 Å². The summed E-state index contributed by atoms with van der Waals surface area (Å²) in [6.07, 6.45) is 4.25. The highest BCUT2D eigenvalue weighted by atomic mass is 32.2. The molecule has 0 unspecified atom stereocenters. The number of rotatable bonds is 4. The minimum absolute atomic E-state index is 0.0392. The van der Waals surface area contributed by atoms with Gasteiger partial charge in [0.2, 0.25) is 11.8 Å². The summed E-state index contributed by atoms with van der Waals surface area (Å²) in [5.41, 5.74) is 0. The van der Waals surface area contributed by atoms with Crippen LogP contribution in [0.3, 0.4) is 0 Å². The summed E-state index contributed by atoms with van der Waals surface area (Å²) in [6, 6.07) is 3.63. The predicted molar refractivity (Wildman–Crippen MR) is 92.2 cm³/mol. The average Bonchev–Trinajstić information content (AvgIpc) is 3.16. The van der Waals surface area contributed by atoms with Crippen molar-refractivity contribution in [2.75, 3.05) is 31.9 Å². The number of carbonyl (C=O) groups excluding carboxylic acids is 2. The second-order valence-electron chi connectivity index (χ2n) is 6.55. The molecular formula is C18H22F2N2O2S. The molecule has 2 aliphatic rings. The highest BCUT2D eigenvalue weighted by Gasteiger charge is 2.30. The molecule has 2 fully saturated rings. The highest BCUT2D eigenvalue weighted by Crippen LogP contribution is 2.27. The molecule has 1 aliphatic heterocycles. The Kier molecular flexibility index (Phi) is 5.93. The first-order chi connectivity index (χ1) is 12.0. The fourth-order valence-corrected chi connectivity index (χ4v) is 4.23. The Morgan fingerprint density at radius 2 is 1.64 bits per heavy atom. The summed E-state index contributed by atoms with van der Waals surface area (Å²) in [6.45, 7) is 2.24. The fourth-order valence-electron chi connectivity index (χ4n) is 3.41. The predicted octanol–water partition coefficient (Wildman–Crippen LogP) is 2.92. The van der Waals surface area contributed by atoms with Crippen molar-refractivity contribution < 1.29 is 18.4 Å². The van der Waals surface area contributed by atoms with Crippen LogP contribution in [0, 0.1) is 17.6 Å². The van der Waals surface area contributed by atoms with E-state index >= 15 is 0 Å². The monoisotopic (exact) mass is 368 g/mol. The Morgan fingerprint density at radius 1 is 1.00 bits per heavy atom. The van der Waals surface area contributed by atoms with Gasteiger partial charge in [0.15, 0.2) is 11.6 Å². The highest BCUT2D eigenvalue weighted by molar-refractivity contribution is 8.00. The molecule has 25 heavy (non-hydrogen) atoms. The van der Waals surface area contributed by atoms with Crippen LogP contribution in [-0.4, -0.2) is 53.5 Å². The Hall–Kier alpha value is -1.63. The van der Waals surface area contributed by atoms with Crippen molar-refractivity contribution in [3.63, 3.8) is 0 Å². The van der Waals surface area contributed by atoms with Gasteiger partial charge in [-0.2, -0.15) is 0 Å². The lowest BCUT2D eigenvalue weighted by Gasteiger charge is -2.36. The maximum atomic E-state index is 13.2. The third-order valence-corrected chi connectivity index (χ3v) is 5.88. The molecule has 2 amide bonds. The number of halogens is 2. The van der Waals surface area contributed by atoms with Crippen molar-refractivity contribution in [3.8, 4) is 0 Å². The lowest BCUT2D eigenvalue weighted by atomic mass is 10.1. The van der Waals surface area contributed by atoms with E-state index in [-0.39, 0.29) is 23.5 Å². The molecule has 1 saturated heterocycles. The van der Waals surface area contributed by atoms with Crippen LogP contribution in [0.5, 0.6) is 0 Å². The van der Waals surface area contributed by atoms with Gasteiger partial charge in [0, 0.05) is 37.0 Å². The van der Waals surface area contributed by atoms with E-state index < -0.39 is 11.6 Å². The minimum Gasteiger partial charge on any atom is -0.339 e. The van der Waals surface area contributed by atoms with Crippen LogP contribution >= 0.6 is 11.8 Å². The van der Waals surface area contributed by atoms with Crippen molar-refractivity contribution in [2.45, 2.75) is 30.6 Å². The molecule has 1 aliphatic carbocycles. The third kappa shape index (κ3) is 4.51. The number of hydrogen-bond donors (Lipinski definition) is 0. The van der Waals surface area contributed by atoms with Crippen LogP contribution in [0.4, 0.5) is 8.78 Å². The molecule has 0 radical (unpaired) electrons. The van der Waals surface area contributed by atoms with E-state index in [0.29, 0.717) is 31.1 Å². The number of hydrogen-bond acceptors (Lipinski definition) is 3. The summed E-state index contributed by atoms with van der Waals surface area (Å²) in [5.74, 6) is -1.24. The van der Waals surface area contributed by atoms with Crippen LogP contribution in [0.2, 0.25) is 0 Å². The molecule has 1 aromatic carbocycles. The van der Waals surface area contributed by atoms with E-state index in [9.17, 15) is 18.4 Å². The fraction of sp³-hybridized carbons (Fsp3) is 0.556. The van der Waals surface area contributed by atoms with E-state index in [1.165, 1.54) is 17.8 Å². The quantitative estimate of drug-likeness (QED) is 0.768. The van der Waals surface area contributed by atoms with Gasteiger partial charge in [-0.05, 0) is 31.0 Å². The number of benzene rings is 1. The number of amides is 2. The first-order valence-electron chi connectivity index (χ1n) is 8.69. The van der Waals surface area contributed by atoms with Crippen LogP contribution in [0.1, 0.15) is 25.7 Å². The Morgan fingerprint density at radius 3 is 2.28 bits per heavy atom. The van der Waals surface area contributed by atoms with Crippen molar-refractivity contribution in [2.24, 2.45) is 5.92 Å². The zero-order chi connectivity index (χ0) is 17.8. The van der Waals surface area contributed by atoms with E-state index in [1.807, 2.05) is 4.90 Å². The van der Waals surface area contributed by atoms with Crippen LogP contribution < -0.4 is 0 Å². The van der Waals surface area contributed by atoms with Gasteiger partial charge in [0.1, 0.15) is 0 Å². The molecule has 0 N–H and O–H groups in total. The average molecular weight is 368 g/mol. The molecule has 1 saturated carbocycles. The second kappa shape index (κ2) is 8.17. The van der Waals surface area contributed by atoms with Crippen molar-refractivity contribution in [1.29, 1.82) is 0 Å². The van der Waals surface area contributed by atoms with E-state index in [1.54, 1.807) is 4.90 Å². The smallest absolute Gasteiger partial charge is 0.233 e. The van der Waals surface area contributed by atoms with Gasteiger partial charge in [0.05, 0.1) is 5.75 Å². The molecule has 0 bridgehead atoms. The second-order valence-corrected chi connectivity index (χ2v) is 7.60. The maximum Gasteiger partial charge on any atom is 0.233 e. The molecule has 1 aromatic rings. The molecule has 3 rings (SSSR count). The van der Waals surface area contributed by atoms with Gasteiger partial charge in [0.25, 0.3) is 0 Å². The van der Waals surface area contributed by atoms with Crippen LogP contribution in [0.25, 0.3) is 0 Å². The first kappa shape index (κ1) is 18.2. The summed E-state index contributed by atoms with van der Waals surface area (Å²) in [4.78, 5) is 28.8. The summed E-state index contributed by atoms with van der Waals surface area (Å²) in [7, 11) is 0. The van der Waals surface area contributed by atoms with Crippen molar-refractivity contribution >= 4 is 23.6 Å². The van der Waals surface area contributed by atoms with Crippen molar-refractivity contribution in [3.05, 3.63) is 29.8 Å². The lowest BCUT2D eigenvalue weighted by molar-refractivity contribution is -0.141. The molecule has 7 heteroatoms. The largest absolute Gasteiger partial charge is 0.339 e. The third-order valence-electron chi connectivity index (χ3n) is 4.90. The minimum atomic E-state index is -0.906. The summed E-state index contributed by atoms with van der Waals surface area (Å²) >= 11 is 1.19. The normalized spacial score (nSPS) is 18.6. The number of piperazine rings is 1. The number of carbonyl (C=O) groups is 2. The maximum absolute atomic E-state index is 13.2. The zero-order valence-electron chi connectivity index (χ0n) is 14.0. The van der Waals surface area contributed by atoms with Gasteiger partial charge in [-0.25, -0.2) is 8.78 Å². The van der Waals surface area contributed by atoms with Crippen LogP contribution in [0.15, 0.2) is 23.1 Å². The van der Waals surface area contributed by atoms with Crippen molar-refractivity contribution in [1.82, 2.24) is 9.80 Å². The molecule has 136 valence electrons. The molecule has 0 aromatic heterocycles. The Bertz CT molecular complexity index is 642. The molecular weight excluding hydrogens is 346 g/mol. The number of nitrogens with zero attached hydrogens (tertiary/aromatic N) is 2. The van der Waals surface area contributed by atoms with Gasteiger partial charge in [-0.15, -0.1) is 11.8 Å². The van der Waals surface area contributed by atoms with Gasteiger partial charge < -0.3 is 9.80 Å². The lowest BCUT2D eigenvalue weighted by Crippen LogP contribution is -2.52. The first-order valence-corrected chi connectivity index (χ1v) is 9.67. The Labute approximate surface area is 150 Å². The SMILES string of the molecule is O=C(CSc1ccc(F)c(F)c1)N1CCN(C(=O)C2CCCC2)CC1. The van der Waals surface area contributed by atoms with E-state index in [2.05, 4.69) is 0 Å². The number of thioether (sulfide) groups is 1. The standard InChI is InChI=1S/C18H22F2N2O2S/c19-15-6-5-14(11-16(15)20)25-12-17(23)21-7-9-22(10-8-21)18(24)13-3-1-2-4-13/h5-6,11,13H,1-4,7-10,12H2.